The van der Waals surface area contributed by atoms with Crippen LogP contribution in [0.4, 0.5) is 13.2 Å². The number of hydrogen-bond acceptors (Lipinski definition) is 5. The van der Waals surface area contributed by atoms with Gasteiger partial charge in [-0.3, -0.25) is 14.3 Å². The van der Waals surface area contributed by atoms with Gasteiger partial charge in [-0.05, 0) is 30.9 Å². The topological polar surface area (TPSA) is 101 Å². The van der Waals surface area contributed by atoms with Gasteiger partial charge in [-0.15, -0.1) is 11.3 Å². The second kappa shape index (κ2) is 6.83. The molecule has 31 heavy (non-hydrogen) atoms. The summed E-state index contributed by atoms with van der Waals surface area (Å²) in [6.07, 6.45) is 1.34. The molecule has 3 aliphatic rings. The molecule has 4 N–H and O–H groups in total. The Hall–Kier alpha value is -2.33. The molecule has 166 valence electrons. The highest BCUT2D eigenvalue weighted by atomic mass is 32.1. The molecule has 2 aromatic rings. The molecule has 3 aliphatic carbocycles. The van der Waals surface area contributed by atoms with Crippen molar-refractivity contribution < 1.29 is 18.3 Å². The number of alkyl halides is 2. The van der Waals surface area contributed by atoms with Crippen molar-refractivity contribution in [2.45, 2.75) is 62.3 Å². The second-order valence-corrected chi connectivity index (χ2v) is 9.84. The quantitative estimate of drug-likeness (QED) is 0.665. The zero-order chi connectivity index (χ0) is 22.2. The average Bonchev–Trinajstić information content (AvgIpc) is 3.44. The summed E-state index contributed by atoms with van der Waals surface area (Å²) in [6, 6.07) is 1.48. The number of halogens is 3. The van der Waals surface area contributed by atoms with Crippen LogP contribution >= 0.6 is 11.3 Å². The van der Waals surface area contributed by atoms with Crippen molar-refractivity contribution in [3.8, 4) is 0 Å². The number of aromatic amines is 1. The molecular formula is C21H22F3N3O3S. The number of fused-ring (bicyclic) bond motifs is 2. The lowest BCUT2D eigenvalue weighted by atomic mass is 9.79. The number of aryl methyl sites for hydroxylation is 1. The summed E-state index contributed by atoms with van der Waals surface area (Å²) in [5, 5.41) is 9.58. The van der Waals surface area contributed by atoms with Crippen molar-refractivity contribution >= 4 is 17.0 Å². The number of rotatable bonds is 3. The maximum absolute atomic E-state index is 15.5. The van der Waals surface area contributed by atoms with Crippen molar-refractivity contribution in [3.05, 3.63) is 59.3 Å². The Balaban J connectivity index is 1.68. The lowest BCUT2D eigenvalue weighted by Gasteiger charge is -2.31. The third-order valence-corrected chi connectivity index (χ3v) is 8.04. The summed E-state index contributed by atoms with van der Waals surface area (Å²) in [4.78, 5) is 28.5. The van der Waals surface area contributed by atoms with Gasteiger partial charge in [0.05, 0.1) is 29.7 Å². The van der Waals surface area contributed by atoms with Gasteiger partial charge in [0.1, 0.15) is 5.83 Å². The van der Waals surface area contributed by atoms with Gasteiger partial charge < -0.3 is 10.8 Å². The molecule has 3 atom stereocenters. The van der Waals surface area contributed by atoms with Crippen LogP contribution < -0.4 is 17.0 Å². The summed E-state index contributed by atoms with van der Waals surface area (Å²) in [6.45, 7) is 1.03. The number of nitrogens with one attached hydrogen (secondary N) is 1. The van der Waals surface area contributed by atoms with Crippen LogP contribution in [-0.4, -0.2) is 27.2 Å². The number of aliphatic hydroxyl groups is 1. The molecule has 2 heterocycles. The van der Waals surface area contributed by atoms with Crippen molar-refractivity contribution in [2.75, 3.05) is 6.61 Å². The first-order valence-corrected chi connectivity index (χ1v) is 11.1. The fourth-order valence-electron chi connectivity index (χ4n) is 5.03. The van der Waals surface area contributed by atoms with Crippen LogP contribution in [0, 0.1) is 0 Å². The summed E-state index contributed by atoms with van der Waals surface area (Å²) in [5.74, 6) is -6.53. The standard InChI is InChI=1S/C21H22F3N3O3S/c1-8-14(13-6-10-11(7-28)21(23,24)5-4-12(10)31-13)16(22)17(25)15-18(8)27(9-2-3-9)20(30)26-19(15)29/h6,8-9,11,14,28H,2-5,7,25H2,1H3,(H,26,29,30). The van der Waals surface area contributed by atoms with E-state index in [-0.39, 0.29) is 30.1 Å². The van der Waals surface area contributed by atoms with E-state index in [1.165, 1.54) is 15.9 Å². The molecule has 0 aliphatic heterocycles. The van der Waals surface area contributed by atoms with Crippen LogP contribution in [0.5, 0.6) is 0 Å². The number of thiophene rings is 1. The third-order valence-electron chi connectivity index (χ3n) is 6.75. The van der Waals surface area contributed by atoms with Gasteiger partial charge in [-0.2, -0.15) is 0 Å². The first-order chi connectivity index (χ1) is 14.7. The van der Waals surface area contributed by atoms with Gasteiger partial charge in [0.15, 0.2) is 0 Å². The Bertz CT molecular complexity index is 1220. The molecule has 0 aromatic carbocycles. The Labute approximate surface area is 179 Å². The van der Waals surface area contributed by atoms with Crippen LogP contribution in [0.3, 0.4) is 0 Å². The highest BCUT2D eigenvalue weighted by Crippen LogP contribution is 2.53. The molecule has 0 saturated heterocycles. The average molecular weight is 453 g/mol. The summed E-state index contributed by atoms with van der Waals surface area (Å²) in [7, 11) is 0. The number of nitrogens with zero attached hydrogens (tertiary/aromatic N) is 1. The molecule has 0 spiro atoms. The van der Waals surface area contributed by atoms with E-state index < -0.39 is 47.4 Å². The zero-order valence-corrected chi connectivity index (χ0v) is 17.6. The predicted octanol–water partition coefficient (Wildman–Crippen LogP) is 3.09. The minimum Gasteiger partial charge on any atom is -0.396 e. The van der Waals surface area contributed by atoms with Crippen LogP contribution in [0.1, 0.15) is 76.6 Å². The van der Waals surface area contributed by atoms with Crippen LogP contribution in [0.2, 0.25) is 0 Å². The van der Waals surface area contributed by atoms with Gasteiger partial charge in [-0.25, -0.2) is 18.0 Å². The first kappa shape index (κ1) is 20.6. The van der Waals surface area contributed by atoms with E-state index in [0.717, 1.165) is 12.8 Å². The largest absolute Gasteiger partial charge is 0.396 e. The van der Waals surface area contributed by atoms with E-state index in [2.05, 4.69) is 4.98 Å². The lowest BCUT2D eigenvalue weighted by Crippen LogP contribution is -2.39. The van der Waals surface area contributed by atoms with Gasteiger partial charge in [0, 0.05) is 33.8 Å². The van der Waals surface area contributed by atoms with E-state index >= 15 is 4.39 Å². The van der Waals surface area contributed by atoms with Crippen LogP contribution in [0.25, 0.3) is 5.70 Å². The monoisotopic (exact) mass is 453 g/mol. The molecule has 2 aromatic heterocycles. The fourth-order valence-corrected chi connectivity index (χ4v) is 6.45. The van der Waals surface area contributed by atoms with Gasteiger partial charge in [0.2, 0.25) is 0 Å². The summed E-state index contributed by atoms with van der Waals surface area (Å²) < 4.78 is 45.6. The number of H-pyrrole nitrogens is 1. The van der Waals surface area contributed by atoms with Crippen molar-refractivity contribution in [3.63, 3.8) is 0 Å². The Morgan fingerprint density at radius 1 is 1.35 bits per heavy atom. The highest BCUT2D eigenvalue weighted by Gasteiger charge is 2.47. The molecule has 0 bridgehead atoms. The molecule has 5 rings (SSSR count). The van der Waals surface area contributed by atoms with Crippen molar-refractivity contribution in [2.24, 2.45) is 5.73 Å². The summed E-state index contributed by atoms with van der Waals surface area (Å²) in [5.41, 5.74) is 5.19. The number of nitrogens with two attached hydrogens (primary N) is 1. The normalized spacial score (nSPS) is 27.2. The maximum atomic E-state index is 15.5. The number of allylic oxidation sites excluding steroid dienone is 1. The SMILES string of the molecule is CC1c2c(c(=O)[nH]c(=O)n2C2CC2)C(N)=C(F)C1c1cc2c(s1)CCC(F)(F)C2CO. The van der Waals surface area contributed by atoms with Crippen molar-refractivity contribution in [1.82, 2.24) is 9.55 Å². The maximum Gasteiger partial charge on any atom is 0.328 e. The molecule has 0 radical (unpaired) electrons. The van der Waals surface area contributed by atoms with Gasteiger partial charge >= 0.3 is 5.69 Å². The molecular weight excluding hydrogens is 431 g/mol. The Morgan fingerprint density at radius 2 is 2.06 bits per heavy atom. The highest BCUT2D eigenvalue weighted by molar-refractivity contribution is 7.12. The Kier molecular flexibility index (Phi) is 4.53. The summed E-state index contributed by atoms with van der Waals surface area (Å²) >= 11 is 1.24. The number of aromatic nitrogens is 2. The minimum absolute atomic E-state index is 0.0196. The molecule has 10 heteroatoms. The van der Waals surface area contributed by atoms with E-state index in [0.29, 0.717) is 21.0 Å². The molecule has 3 unspecified atom stereocenters. The minimum atomic E-state index is -3.03. The van der Waals surface area contributed by atoms with E-state index in [1.807, 2.05) is 0 Å². The molecule has 1 fully saturated rings. The first-order valence-electron chi connectivity index (χ1n) is 10.3. The number of hydrogen-bond donors (Lipinski definition) is 3. The van der Waals surface area contributed by atoms with Crippen molar-refractivity contribution in [1.29, 1.82) is 0 Å². The van der Waals surface area contributed by atoms with E-state index in [1.54, 1.807) is 13.0 Å². The van der Waals surface area contributed by atoms with E-state index in [9.17, 15) is 23.5 Å². The third kappa shape index (κ3) is 2.95. The van der Waals surface area contributed by atoms with Crippen LogP contribution in [0.15, 0.2) is 21.5 Å². The van der Waals surface area contributed by atoms with Crippen LogP contribution in [-0.2, 0) is 6.42 Å². The molecule has 1 saturated carbocycles. The predicted molar refractivity (Wildman–Crippen MR) is 110 cm³/mol. The molecule has 0 amide bonds. The number of aliphatic hydroxyl groups excluding tert-OH is 1. The van der Waals surface area contributed by atoms with Gasteiger partial charge in [0.25, 0.3) is 11.5 Å². The zero-order valence-electron chi connectivity index (χ0n) is 16.8. The Morgan fingerprint density at radius 3 is 2.71 bits per heavy atom. The van der Waals surface area contributed by atoms with Gasteiger partial charge in [-0.1, -0.05) is 6.92 Å². The smallest absolute Gasteiger partial charge is 0.328 e. The molecule has 6 nitrogen and oxygen atoms in total. The van der Waals surface area contributed by atoms with E-state index in [4.69, 9.17) is 5.73 Å². The lowest BCUT2D eigenvalue weighted by molar-refractivity contribution is -0.0555. The second-order valence-electron chi connectivity index (χ2n) is 8.67. The fraction of sp³-hybridized carbons (Fsp3) is 0.524.